The van der Waals surface area contributed by atoms with Gasteiger partial charge in [0.1, 0.15) is 17.1 Å². The molecule has 3 heterocycles. The molecule has 1 fully saturated rings. The molecule has 3 aromatic rings. The Morgan fingerprint density at radius 3 is 2.50 bits per heavy atom. The van der Waals surface area contributed by atoms with Gasteiger partial charge >= 0.3 is 6.09 Å². The number of carbonyl (C=O) groups is 3. The number of rotatable bonds is 5. The first-order valence-electron chi connectivity index (χ1n) is 11.9. The molecule has 36 heavy (non-hydrogen) atoms. The Bertz CT molecular complexity index is 1250. The van der Waals surface area contributed by atoms with Gasteiger partial charge in [-0.2, -0.15) is 5.10 Å². The van der Waals surface area contributed by atoms with Gasteiger partial charge in [0.15, 0.2) is 11.6 Å². The van der Waals surface area contributed by atoms with Crippen LogP contribution in [0.2, 0.25) is 0 Å². The summed E-state index contributed by atoms with van der Waals surface area (Å²) in [4.78, 5) is 47.5. The van der Waals surface area contributed by atoms with Gasteiger partial charge in [-0.25, -0.2) is 9.78 Å². The molecule has 0 radical (unpaired) electrons. The van der Waals surface area contributed by atoms with E-state index in [4.69, 9.17) is 9.72 Å². The normalized spacial score (nSPS) is 15.9. The maximum atomic E-state index is 12.9. The first kappa shape index (κ1) is 25.0. The highest BCUT2D eigenvalue weighted by Crippen LogP contribution is 2.33. The third-order valence-corrected chi connectivity index (χ3v) is 5.76. The number of nitrogens with zero attached hydrogens (tertiary/aromatic N) is 4. The third-order valence-electron chi connectivity index (χ3n) is 5.76. The number of anilines is 1. The minimum absolute atomic E-state index is 0.173. The molecule has 2 aromatic heterocycles. The van der Waals surface area contributed by atoms with Crippen LogP contribution < -0.4 is 5.32 Å². The summed E-state index contributed by atoms with van der Waals surface area (Å²) in [5.74, 6) is 0.397. The van der Waals surface area contributed by atoms with E-state index in [2.05, 4.69) is 20.5 Å². The number of hydrogen-bond acceptors (Lipinski definition) is 7. The number of Topliss-reactive ketones (excluding diaryl/α,β-unsaturated/α-hetero) is 1. The molecular weight excluding hydrogens is 460 g/mol. The lowest BCUT2D eigenvalue weighted by Gasteiger charge is -2.35. The van der Waals surface area contributed by atoms with E-state index in [1.807, 2.05) is 20.8 Å². The molecule has 4 rings (SSSR count). The second-order valence-electron chi connectivity index (χ2n) is 9.73. The van der Waals surface area contributed by atoms with E-state index in [-0.39, 0.29) is 17.7 Å². The van der Waals surface area contributed by atoms with Crippen molar-refractivity contribution < 1.29 is 19.1 Å². The number of carbonyl (C=O) groups excluding carboxylic acids is 3. The van der Waals surface area contributed by atoms with E-state index in [1.54, 1.807) is 41.3 Å². The standard InChI is InChI=1S/C26H30N6O4/c1-16(33)21-22(17-10-12-18(13-11-17)24(34)28-20-9-7-14-27-31-20)30-23(29-21)19-8-5-6-15-32(19)25(35)36-26(2,3)4/h7,9-14,19H,5-6,8,15H2,1-4H3,(H,29,30)(H,28,31,34)/t19-/m0/s1. The number of ketones is 1. The van der Waals surface area contributed by atoms with Crippen LogP contribution in [-0.2, 0) is 4.74 Å². The van der Waals surface area contributed by atoms with Crippen molar-refractivity contribution in [3.63, 3.8) is 0 Å². The quantitative estimate of drug-likeness (QED) is 0.492. The number of H-pyrrole nitrogens is 1. The van der Waals surface area contributed by atoms with Crippen molar-refractivity contribution in [1.82, 2.24) is 25.1 Å². The van der Waals surface area contributed by atoms with Crippen LogP contribution in [0.4, 0.5) is 10.6 Å². The predicted molar refractivity (Wildman–Crippen MR) is 134 cm³/mol. The first-order chi connectivity index (χ1) is 17.1. The molecule has 1 atom stereocenters. The lowest BCUT2D eigenvalue weighted by Crippen LogP contribution is -2.42. The van der Waals surface area contributed by atoms with Gasteiger partial charge < -0.3 is 15.0 Å². The van der Waals surface area contributed by atoms with Crippen LogP contribution >= 0.6 is 0 Å². The van der Waals surface area contributed by atoms with Crippen molar-refractivity contribution in [2.75, 3.05) is 11.9 Å². The van der Waals surface area contributed by atoms with E-state index in [9.17, 15) is 14.4 Å². The van der Waals surface area contributed by atoms with Crippen LogP contribution in [-0.4, -0.2) is 55.0 Å². The molecule has 0 spiro atoms. The highest BCUT2D eigenvalue weighted by Gasteiger charge is 2.34. The Balaban J connectivity index is 1.59. The van der Waals surface area contributed by atoms with E-state index in [1.165, 1.54) is 13.1 Å². The van der Waals surface area contributed by atoms with Crippen LogP contribution in [0.15, 0.2) is 42.6 Å². The minimum atomic E-state index is -0.612. The molecule has 1 saturated heterocycles. The smallest absolute Gasteiger partial charge is 0.410 e. The number of ether oxygens (including phenoxy) is 1. The zero-order valence-electron chi connectivity index (χ0n) is 20.9. The Hall–Kier alpha value is -4.08. The lowest BCUT2D eigenvalue weighted by molar-refractivity contribution is 0.00853. The molecular formula is C26H30N6O4. The molecule has 188 valence electrons. The summed E-state index contributed by atoms with van der Waals surface area (Å²) >= 11 is 0. The van der Waals surface area contributed by atoms with E-state index >= 15 is 0 Å². The summed E-state index contributed by atoms with van der Waals surface area (Å²) in [5.41, 5.74) is 1.33. The Morgan fingerprint density at radius 2 is 1.86 bits per heavy atom. The van der Waals surface area contributed by atoms with Crippen LogP contribution in [0.1, 0.15) is 79.7 Å². The van der Waals surface area contributed by atoms with Crippen molar-refractivity contribution in [3.05, 3.63) is 59.7 Å². The summed E-state index contributed by atoms with van der Waals surface area (Å²) in [6, 6.07) is 9.81. The number of likely N-dealkylation sites (tertiary alicyclic amines) is 1. The fourth-order valence-electron chi connectivity index (χ4n) is 4.10. The summed E-state index contributed by atoms with van der Waals surface area (Å²) in [5, 5.41) is 10.3. The maximum absolute atomic E-state index is 12.9. The lowest BCUT2D eigenvalue weighted by atomic mass is 10.0. The first-order valence-corrected chi connectivity index (χ1v) is 11.9. The van der Waals surface area contributed by atoms with Crippen molar-refractivity contribution in [2.24, 2.45) is 0 Å². The van der Waals surface area contributed by atoms with Crippen molar-refractivity contribution in [3.8, 4) is 11.3 Å². The topological polar surface area (TPSA) is 130 Å². The Labute approximate surface area is 209 Å². The van der Waals surface area contributed by atoms with Gasteiger partial charge in [0.2, 0.25) is 0 Å². The van der Waals surface area contributed by atoms with E-state index in [0.29, 0.717) is 47.1 Å². The fraction of sp³-hybridized carbons (Fsp3) is 0.385. The molecule has 10 nitrogen and oxygen atoms in total. The molecule has 1 aliphatic rings. The van der Waals surface area contributed by atoms with Crippen LogP contribution in [0, 0.1) is 0 Å². The summed E-state index contributed by atoms with van der Waals surface area (Å²) in [7, 11) is 0. The molecule has 0 unspecified atom stereocenters. The minimum Gasteiger partial charge on any atom is -0.444 e. The van der Waals surface area contributed by atoms with Gasteiger partial charge in [0, 0.05) is 30.8 Å². The fourth-order valence-corrected chi connectivity index (χ4v) is 4.10. The third kappa shape index (κ3) is 5.76. The number of benzene rings is 1. The average molecular weight is 491 g/mol. The molecule has 2 amide bonds. The summed E-state index contributed by atoms with van der Waals surface area (Å²) in [6.07, 6.45) is 3.65. The number of nitrogens with one attached hydrogen (secondary N) is 2. The number of aromatic amines is 1. The number of hydrogen-bond donors (Lipinski definition) is 2. The van der Waals surface area contributed by atoms with Gasteiger partial charge in [0.05, 0.1) is 11.7 Å². The van der Waals surface area contributed by atoms with Gasteiger partial charge in [-0.3, -0.25) is 14.5 Å². The molecule has 0 aliphatic carbocycles. The van der Waals surface area contributed by atoms with Crippen LogP contribution in [0.3, 0.4) is 0 Å². The molecule has 0 saturated carbocycles. The van der Waals surface area contributed by atoms with Gasteiger partial charge in [-0.05, 0) is 64.3 Å². The zero-order valence-corrected chi connectivity index (χ0v) is 20.9. The van der Waals surface area contributed by atoms with Gasteiger partial charge in [-0.1, -0.05) is 12.1 Å². The number of aromatic nitrogens is 4. The molecule has 0 bridgehead atoms. The van der Waals surface area contributed by atoms with Gasteiger partial charge in [-0.15, -0.1) is 5.10 Å². The van der Waals surface area contributed by atoms with E-state index in [0.717, 1.165) is 12.8 Å². The van der Waals surface area contributed by atoms with Crippen LogP contribution in [0.5, 0.6) is 0 Å². The highest BCUT2D eigenvalue weighted by molar-refractivity contribution is 6.04. The monoisotopic (exact) mass is 490 g/mol. The van der Waals surface area contributed by atoms with E-state index < -0.39 is 11.7 Å². The van der Waals surface area contributed by atoms with Crippen molar-refractivity contribution in [2.45, 2.75) is 58.6 Å². The maximum Gasteiger partial charge on any atom is 0.410 e. The number of piperidine rings is 1. The molecule has 2 N–H and O–H groups in total. The SMILES string of the molecule is CC(=O)c1[nH]c([C@@H]2CCCCN2C(=O)OC(C)(C)C)nc1-c1ccc(C(=O)Nc2cccnn2)cc1. The van der Waals surface area contributed by atoms with Crippen molar-refractivity contribution in [1.29, 1.82) is 0 Å². The Morgan fingerprint density at radius 1 is 1.11 bits per heavy atom. The number of amides is 2. The number of imidazole rings is 1. The van der Waals surface area contributed by atoms with Crippen LogP contribution in [0.25, 0.3) is 11.3 Å². The van der Waals surface area contributed by atoms with Crippen molar-refractivity contribution >= 4 is 23.6 Å². The highest BCUT2D eigenvalue weighted by atomic mass is 16.6. The average Bonchev–Trinajstić information content (AvgIpc) is 3.29. The zero-order chi connectivity index (χ0) is 25.9. The second kappa shape index (κ2) is 10.3. The summed E-state index contributed by atoms with van der Waals surface area (Å²) < 4.78 is 5.61. The second-order valence-corrected chi connectivity index (χ2v) is 9.73. The largest absolute Gasteiger partial charge is 0.444 e. The Kier molecular flexibility index (Phi) is 7.14. The van der Waals surface area contributed by atoms with Gasteiger partial charge in [0.25, 0.3) is 5.91 Å². The molecule has 1 aliphatic heterocycles. The predicted octanol–water partition coefficient (Wildman–Crippen LogP) is 4.78. The summed E-state index contributed by atoms with van der Waals surface area (Å²) in [6.45, 7) is 7.52. The molecule has 10 heteroatoms. The molecule has 1 aromatic carbocycles.